The summed E-state index contributed by atoms with van der Waals surface area (Å²) in [7, 11) is -6.11. The molecule has 0 aliphatic carbocycles. The molecule has 3 aromatic rings. The lowest BCUT2D eigenvalue weighted by Gasteiger charge is -2.11. The van der Waals surface area contributed by atoms with Gasteiger partial charge in [0.2, 0.25) is 10.0 Å². The van der Waals surface area contributed by atoms with Gasteiger partial charge in [0.1, 0.15) is 4.21 Å². The number of ether oxygens (including phenoxy) is 1. The summed E-state index contributed by atoms with van der Waals surface area (Å²) in [4.78, 5) is 12.8. The number of hydrazone groups is 1. The van der Waals surface area contributed by atoms with E-state index in [1.54, 1.807) is 42.6 Å². The fourth-order valence-corrected chi connectivity index (χ4v) is 6.02. The van der Waals surface area contributed by atoms with Gasteiger partial charge >= 0.3 is 0 Å². The average Bonchev–Trinajstić information content (AvgIpc) is 3.39. The Morgan fingerprint density at radius 3 is 2.49 bits per heavy atom. The van der Waals surface area contributed by atoms with Crippen LogP contribution >= 0.6 is 11.3 Å². The van der Waals surface area contributed by atoms with Gasteiger partial charge in [-0.1, -0.05) is 30.3 Å². The second-order valence-electron chi connectivity index (χ2n) is 7.14. The summed E-state index contributed by atoms with van der Waals surface area (Å²) in [5, 5.41) is 5.70. The van der Waals surface area contributed by atoms with Crippen LogP contribution in [0.2, 0.25) is 0 Å². The molecule has 1 amide bonds. The highest BCUT2D eigenvalue weighted by Gasteiger charge is 2.19. The van der Waals surface area contributed by atoms with Crippen LogP contribution in [-0.4, -0.2) is 48.7 Å². The van der Waals surface area contributed by atoms with Crippen molar-refractivity contribution in [1.82, 2.24) is 10.1 Å². The zero-order valence-electron chi connectivity index (χ0n) is 18.9. The maximum atomic E-state index is 12.8. The normalized spacial score (nSPS) is 12.3. The Bertz CT molecular complexity index is 1420. The van der Waals surface area contributed by atoms with Crippen LogP contribution < -0.4 is 14.9 Å². The molecule has 13 heteroatoms. The number of anilines is 1. The zero-order valence-corrected chi connectivity index (χ0v) is 21.3. The zero-order chi connectivity index (χ0) is 25.5. The highest BCUT2D eigenvalue weighted by Crippen LogP contribution is 2.23. The lowest BCUT2D eigenvalue weighted by atomic mass is 10.1. The van der Waals surface area contributed by atoms with Gasteiger partial charge in [0.15, 0.2) is 0 Å². The van der Waals surface area contributed by atoms with Crippen molar-refractivity contribution in [3.05, 3.63) is 77.2 Å². The van der Waals surface area contributed by atoms with Gasteiger partial charge < -0.3 is 4.74 Å². The fraction of sp³-hybridized carbons (Fsp3) is 0.182. The average molecular weight is 537 g/mol. The Balaban J connectivity index is 1.76. The smallest absolute Gasteiger partial charge is 0.273 e. The number of hydrogen-bond donors (Lipinski definition) is 3. The number of methoxy groups -OCH3 is 1. The highest BCUT2D eigenvalue weighted by atomic mass is 32.2. The molecular formula is C22H24N4O6S3. The molecule has 186 valence electrons. The Morgan fingerprint density at radius 1 is 1.00 bits per heavy atom. The number of sulfonamides is 2. The SMILES string of the molecule is COCCNS(=O)(=O)c1cccc(C(C)=NNC(=O)c2ccccc2NS(=O)(=O)c2cccs2)c1. The van der Waals surface area contributed by atoms with Crippen LogP contribution in [0.5, 0.6) is 0 Å². The molecule has 0 radical (unpaired) electrons. The minimum Gasteiger partial charge on any atom is -0.383 e. The first-order chi connectivity index (χ1) is 16.6. The number of thiophene rings is 1. The van der Waals surface area contributed by atoms with Crippen LogP contribution in [0.3, 0.4) is 0 Å². The van der Waals surface area contributed by atoms with E-state index in [-0.39, 0.29) is 33.5 Å². The minimum atomic E-state index is -3.85. The van der Waals surface area contributed by atoms with Gasteiger partial charge in [-0.25, -0.2) is 27.0 Å². The first kappa shape index (κ1) is 26.5. The van der Waals surface area contributed by atoms with Crippen molar-refractivity contribution in [2.24, 2.45) is 5.10 Å². The van der Waals surface area contributed by atoms with E-state index in [4.69, 9.17) is 4.74 Å². The molecule has 3 rings (SSSR count). The van der Waals surface area contributed by atoms with Crippen molar-refractivity contribution in [3.8, 4) is 0 Å². The number of rotatable bonds is 11. The number of nitrogens with one attached hydrogen (secondary N) is 3. The third-order valence-corrected chi connectivity index (χ3v) is 8.88. The largest absolute Gasteiger partial charge is 0.383 e. The molecule has 0 saturated carbocycles. The number of amides is 1. The van der Waals surface area contributed by atoms with Gasteiger partial charge in [0, 0.05) is 13.7 Å². The second-order valence-corrected chi connectivity index (χ2v) is 11.8. The van der Waals surface area contributed by atoms with Crippen molar-refractivity contribution in [2.75, 3.05) is 25.0 Å². The first-order valence-corrected chi connectivity index (χ1v) is 14.1. The van der Waals surface area contributed by atoms with Crippen molar-refractivity contribution in [2.45, 2.75) is 16.0 Å². The summed E-state index contributed by atoms with van der Waals surface area (Å²) in [5.74, 6) is -0.640. The van der Waals surface area contributed by atoms with E-state index in [1.807, 2.05) is 0 Å². The maximum absolute atomic E-state index is 12.8. The van der Waals surface area contributed by atoms with E-state index in [1.165, 1.54) is 37.4 Å². The number of para-hydroxylation sites is 1. The van der Waals surface area contributed by atoms with E-state index in [2.05, 4.69) is 20.0 Å². The van der Waals surface area contributed by atoms with Gasteiger partial charge in [-0.3, -0.25) is 9.52 Å². The molecule has 0 aliphatic rings. The standard InChI is InChI=1S/C22H24N4O6S3/c1-16(17-7-5-8-18(15-17)34(28,29)23-12-13-32-2)24-25-22(27)19-9-3-4-10-20(19)26-35(30,31)21-11-6-14-33-21/h3-11,14-15,23,26H,12-13H2,1-2H3,(H,25,27). The Labute approximate surface area is 208 Å². The van der Waals surface area contributed by atoms with Crippen LogP contribution in [0, 0.1) is 0 Å². The lowest BCUT2D eigenvalue weighted by molar-refractivity contribution is 0.0955. The number of nitrogens with zero attached hydrogens (tertiary/aromatic N) is 1. The molecule has 0 aliphatic heterocycles. The third-order valence-electron chi connectivity index (χ3n) is 4.66. The summed E-state index contributed by atoms with van der Waals surface area (Å²) < 4.78 is 59.8. The molecule has 0 spiro atoms. The van der Waals surface area contributed by atoms with Crippen molar-refractivity contribution < 1.29 is 26.4 Å². The van der Waals surface area contributed by atoms with Crippen molar-refractivity contribution in [3.63, 3.8) is 0 Å². The highest BCUT2D eigenvalue weighted by molar-refractivity contribution is 7.94. The molecule has 1 aromatic heterocycles. The van der Waals surface area contributed by atoms with Crippen molar-refractivity contribution in [1.29, 1.82) is 0 Å². The molecule has 0 fully saturated rings. The third kappa shape index (κ3) is 6.96. The van der Waals surface area contributed by atoms with Gasteiger partial charge in [0.05, 0.1) is 28.5 Å². The Hall–Kier alpha value is -3.10. The van der Waals surface area contributed by atoms with Gasteiger partial charge in [-0.2, -0.15) is 5.10 Å². The molecule has 10 nitrogen and oxygen atoms in total. The number of hydrogen-bond acceptors (Lipinski definition) is 8. The van der Waals surface area contributed by atoms with E-state index < -0.39 is 26.0 Å². The summed E-state index contributed by atoms with van der Waals surface area (Å²) in [6, 6.07) is 15.3. The predicted octanol–water partition coefficient (Wildman–Crippen LogP) is 2.63. The van der Waals surface area contributed by atoms with E-state index in [0.29, 0.717) is 11.3 Å². The fourth-order valence-electron chi connectivity index (χ4n) is 2.89. The van der Waals surface area contributed by atoms with Crippen LogP contribution in [0.15, 0.2) is 80.2 Å². The molecule has 0 atom stereocenters. The second kappa shape index (κ2) is 11.6. The van der Waals surface area contributed by atoms with Crippen LogP contribution in [0.1, 0.15) is 22.8 Å². The molecular weight excluding hydrogens is 512 g/mol. The van der Waals surface area contributed by atoms with Crippen LogP contribution in [0.25, 0.3) is 0 Å². The molecule has 0 bridgehead atoms. The van der Waals surface area contributed by atoms with Gasteiger partial charge in [-0.05, 0) is 48.2 Å². The van der Waals surface area contributed by atoms with Crippen LogP contribution in [0.4, 0.5) is 5.69 Å². The monoisotopic (exact) mass is 536 g/mol. The summed E-state index contributed by atoms with van der Waals surface area (Å²) in [5.41, 5.74) is 3.39. The summed E-state index contributed by atoms with van der Waals surface area (Å²) in [6.45, 7) is 1.97. The molecule has 1 heterocycles. The minimum absolute atomic E-state index is 0.0420. The number of benzene rings is 2. The lowest BCUT2D eigenvalue weighted by Crippen LogP contribution is -2.27. The predicted molar refractivity (Wildman–Crippen MR) is 135 cm³/mol. The van der Waals surface area contributed by atoms with Gasteiger partial charge in [-0.15, -0.1) is 11.3 Å². The summed E-state index contributed by atoms with van der Waals surface area (Å²) in [6.07, 6.45) is 0. The van der Waals surface area contributed by atoms with E-state index in [9.17, 15) is 21.6 Å². The molecule has 0 unspecified atom stereocenters. The molecule has 2 aromatic carbocycles. The number of carbonyl (C=O) groups excluding carboxylic acids is 1. The molecule has 35 heavy (non-hydrogen) atoms. The van der Waals surface area contributed by atoms with Gasteiger partial charge in [0.25, 0.3) is 15.9 Å². The van der Waals surface area contributed by atoms with E-state index in [0.717, 1.165) is 11.3 Å². The summed E-state index contributed by atoms with van der Waals surface area (Å²) >= 11 is 1.06. The number of carbonyl (C=O) groups is 1. The quantitative estimate of drug-likeness (QED) is 0.195. The maximum Gasteiger partial charge on any atom is 0.273 e. The Kier molecular flexibility index (Phi) is 8.75. The first-order valence-electron chi connectivity index (χ1n) is 10.2. The molecule has 3 N–H and O–H groups in total. The van der Waals surface area contributed by atoms with Crippen molar-refractivity contribution >= 4 is 48.7 Å². The Morgan fingerprint density at radius 2 is 1.77 bits per heavy atom. The topological polar surface area (TPSA) is 143 Å². The van der Waals surface area contributed by atoms with Crippen LogP contribution in [-0.2, 0) is 24.8 Å². The molecule has 0 saturated heterocycles. The van der Waals surface area contributed by atoms with E-state index >= 15 is 0 Å².